The average molecular weight is 378 g/mol. The fourth-order valence-electron chi connectivity index (χ4n) is 2.08. The van der Waals surface area contributed by atoms with Crippen molar-refractivity contribution in [1.82, 2.24) is 24.1 Å². The predicted molar refractivity (Wildman–Crippen MR) is 89.7 cm³/mol. The van der Waals surface area contributed by atoms with Crippen LogP contribution in [-0.4, -0.2) is 48.0 Å². The van der Waals surface area contributed by atoms with Crippen molar-refractivity contribution in [2.75, 3.05) is 19.5 Å². The van der Waals surface area contributed by atoms with Gasteiger partial charge in [-0.2, -0.15) is 18.4 Å². The summed E-state index contributed by atoms with van der Waals surface area (Å²) >= 11 is 0. The molecule has 0 atom stereocenters. The lowest BCUT2D eigenvalue weighted by Crippen LogP contribution is -2.35. The minimum Gasteiger partial charge on any atom is -0.481 e. The van der Waals surface area contributed by atoms with E-state index in [9.17, 15) is 13.2 Å². The van der Waals surface area contributed by atoms with Gasteiger partial charge in [0.05, 0.1) is 26.5 Å². The van der Waals surface area contributed by atoms with E-state index in [-0.39, 0.29) is 22.7 Å². The van der Waals surface area contributed by atoms with Gasteiger partial charge < -0.3 is 9.47 Å². The lowest BCUT2D eigenvalue weighted by atomic mass is 10.5. The van der Waals surface area contributed by atoms with Crippen molar-refractivity contribution in [3.8, 4) is 11.8 Å². The summed E-state index contributed by atoms with van der Waals surface area (Å²) in [4.78, 5) is 23.8. The van der Waals surface area contributed by atoms with Crippen LogP contribution in [0.4, 0.5) is 10.7 Å². The number of carbonyl (C=O) groups is 1. The molecule has 3 aromatic heterocycles. The lowest BCUT2D eigenvalue weighted by molar-refractivity contribution is 0.256. The zero-order valence-electron chi connectivity index (χ0n) is 13.7. The number of nitrogens with zero attached hydrogens (tertiary/aromatic N) is 4. The van der Waals surface area contributed by atoms with E-state index >= 15 is 0 Å². The second-order valence-corrected chi connectivity index (χ2v) is 6.49. The molecule has 0 aliphatic carbocycles. The van der Waals surface area contributed by atoms with E-state index in [2.05, 4.69) is 20.3 Å². The number of aromatic nitrogens is 4. The van der Waals surface area contributed by atoms with E-state index in [1.807, 2.05) is 4.72 Å². The smallest absolute Gasteiger partial charge is 0.335 e. The summed E-state index contributed by atoms with van der Waals surface area (Å²) in [6.07, 6.45) is 2.67. The minimum absolute atomic E-state index is 0.136. The first kappa shape index (κ1) is 17.4. The summed E-state index contributed by atoms with van der Waals surface area (Å²) < 4.78 is 38.0. The number of ether oxygens (including phenoxy) is 2. The van der Waals surface area contributed by atoms with Crippen LogP contribution >= 0.6 is 0 Å². The van der Waals surface area contributed by atoms with Gasteiger partial charge in [0.2, 0.25) is 17.7 Å². The Balaban J connectivity index is 1.81. The first-order chi connectivity index (χ1) is 12.4. The Morgan fingerprint density at radius 2 is 1.85 bits per heavy atom. The van der Waals surface area contributed by atoms with Gasteiger partial charge in [-0.1, -0.05) is 6.07 Å². The van der Waals surface area contributed by atoms with Gasteiger partial charge in [-0.3, -0.25) is 9.72 Å². The number of imidazole rings is 1. The van der Waals surface area contributed by atoms with Crippen molar-refractivity contribution in [3.05, 3.63) is 36.7 Å². The van der Waals surface area contributed by atoms with Crippen LogP contribution in [0.25, 0.3) is 5.65 Å². The topological polar surface area (TPSA) is 137 Å². The fourth-order valence-corrected chi connectivity index (χ4v) is 3.08. The largest absolute Gasteiger partial charge is 0.481 e. The molecule has 0 unspecified atom stereocenters. The van der Waals surface area contributed by atoms with Crippen molar-refractivity contribution in [2.45, 2.75) is 5.03 Å². The first-order valence-corrected chi connectivity index (χ1v) is 8.64. The molecule has 0 saturated carbocycles. The van der Waals surface area contributed by atoms with E-state index in [0.717, 1.165) is 6.20 Å². The summed E-state index contributed by atoms with van der Waals surface area (Å²) in [5.41, 5.74) is 0.425. The van der Waals surface area contributed by atoms with Gasteiger partial charge in [0.1, 0.15) is 5.65 Å². The molecule has 0 aliphatic heterocycles. The summed E-state index contributed by atoms with van der Waals surface area (Å²) in [5, 5.41) is 2.03. The molecule has 2 N–H and O–H groups in total. The van der Waals surface area contributed by atoms with Crippen LogP contribution in [0.2, 0.25) is 0 Å². The van der Waals surface area contributed by atoms with Gasteiger partial charge in [-0.25, -0.2) is 14.5 Å². The molecule has 0 radical (unpaired) electrons. The minimum atomic E-state index is -4.17. The maximum absolute atomic E-state index is 12.4. The van der Waals surface area contributed by atoms with Crippen LogP contribution in [0.1, 0.15) is 0 Å². The fraction of sp³-hybridized carbons (Fsp3) is 0.143. The molecule has 0 fully saturated rings. The highest BCUT2D eigenvalue weighted by Crippen LogP contribution is 2.17. The quantitative estimate of drug-likeness (QED) is 0.660. The van der Waals surface area contributed by atoms with E-state index in [1.54, 1.807) is 18.2 Å². The van der Waals surface area contributed by atoms with Crippen molar-refractivity contribution in [3.63, 3.8) is 0 Å². The number of hydrogen-bond acceptors (Lipinski definition) is 8. The number of carbonyl (C=O) groups excluding carboxylic acids is 1. The third kappa shape index (κ3) is 3.49. The van der Waals surface area contributed by atoms with E-state index in [1.165, 1.54) is 30.9 Å². The lowest BCUT2D eigenvalue weighted by Gasteiger charge is -2.09. The number of pyridine rings is 1. The summed E-state index contributed by atoms with van der Waals surface area (Å²) in [6, 6.07) is 5.34. The molecule has 3 rings (SSSR count). The molecule has 0 aromatic carbocycles. The molecule has 3 heterocycles. The van der Waals surface area contributed by atoms with Crippen molar-refractivity contribution >= 4 is 27.6 Å². The predicted octanol–water partition coefficient (Wildman–Crippen LogP) is 0.652. The summed E-state index contributed by atoms with van der Waals surface area (Å²) in [7, 11) is -1.42. The molecule has 2 amide bonds. The highest BCUT2D eigenvalue weighted by Gasteiger charge is 2.22. The number of urea groups is 1. The van der Waals surface area contributed by atoms with E-state index < -0.39 is 16.1 Å². The van der Waals surface area contributed by atoms with Gasteiger partial charge in [-0.05, 0) is 12.1 Å². The van der Waals surface area contributed by atoms with E-state index in [0.29, 0.717) is 5.65 Å². The second kappa shape index (κ2) is 6.84. The number of nitrogens with one attached hydrogen (secondary N) is 2. The summed E-state index contributed by atoms with van der Waals surface area (Å²) in [5.74, 6) is 0.0839. The number of fused-ring (bicyclic) bond motifs is 1. The average Bonchev–Trinajstić information content (AvgIpc) is 3.05. The molecule has 26 heavy (non-hydrogen) atoms. The monoisotopic (exact) mass is 378 g/mol. The van der Waals surface area contributed by atoms with Gasteiger partial charge in [-0.15, -0.1) is 0 Å². The number of sulfonamides is 1. The molecule has 3 aromatic rings. The maximum atomic E-state index is 12.4. The zero-order chi connectivity index (χ0) is 18.7. The van der Waals surface area contributed by atoms with Crippen LogP contribution < -0.4 is 19.5 Å². The Bertz CT molecular complexity index is 1040. The molecule has 136 valence electrons. The standard InChI is InChI=1S/C14H14N6O5S/c1-24-10-7-11(25-2)17-13(16-10)18-14(21)19-26(22,23)12-8-15-9-5-3-4-6-20(9)12/h3-8H,1-2H3,(H2,16,17,18,19,21). The Labute approximate surface area is 148 Å². The van der Waals surface area contributed by atoms with Crippen molar-refractivity contribution < 1.29 is 22.7 Å². The normalized spacial score (nSPS) is 11.2. The Morgan fingerprint density at radius 3 is 2.50 bits per heavy atom. The highest BCUT2D eigenvalue weighted by molar-refractivity contribution is 7.90. The van der Waals surface area contributed by atoms with Crippen LogP contribution in [0.5, 0.6) is 11.8 Å². The van der Waals surface area contributed by atoms with Crippen LogP contribution in [0.3, 0.4) is 0 Å². The van der Waals surface area contributed by atoms with Gasteiger partial charge >= 0.3 is 6.03 Å². The molecule has 11 nitrogen and oxygen atoms in total. The molecule has 0 spiro atoms. The molecular formula is C14H14N6O5S. The molecule has 12 heteroatoms. The van der Waals surface area contributed by atoms with E-state index in [4.69, 9.17) is 9.47 Å². The highest BCUT2D eigenvalue weighted by atomic mass is 32.2. The number of hydrogen-bond donors (Lipinski definition) is 2. The first-order valence-electron chi connectivity index (χ1n) is 7.16. The number of anilines is 1. The maximum Gasteiger partial charge on any atom is 0.335 e. The van der Waals surface area contributed by atoms with Gasteiger partial charge in [0, 0.05) is 6.20 Å². The van der Waals surface area contributed by atoms with Gasteiger partial charge in [0.25, 0.3) is 10.0 Å². The molecular weight excluding hydrogens is 364 g/mol. The third-order valence-corrected chi connectivity index (χ3v) is 4.52. The second-order valence-electron chi connectivity index (χ2n) is 4.86. The van der Waals surface area contributed by atoms with Crippen molar-refractivity contribution in [1.29, 1.82) is 0 Å². The van der Waals surface area contributed by atoms with Crippen molar-refractivity contribution in [2.24, 2.45) is 0 Å². The SMILES string of the molecule is COc1cc(OC)nc(NC(=O)NS(=O)(=O)c2cnc3ccccn23)n1. The van der Waals surface area contributed by atoms with Crippen LogP contribution in [-0.2, 0) is 10.0 Å². The number of rotatable bonds is 5. The van der Waals surface area contributed by atoms with Crippen LogP contribution in [0.15, 0.2) is 41.7 Å². The molecule has 0 saturated heterocycles. The number of methoxy groups -OCH3 is 2. The van der Waals surface area contributed by atoms with Gasteiger partial charge in [0.15, 0.2) is 5.03 Å². The number of amides is 2. The Kier molecular flexibility index (Phi) is 4.58. The molecule has 0 bridgehead atoms. The third-order valence-electron chi connectivity index (χ3n) is 3.21. The Hall–Kier alpha value is -3.41. The molecule has 0 aliphatic rings. The zero-order valence-corrected chi connectivity index (χ0v) is 14.5. The summed E-state index contributed by atoms with van der Waals surface area (Å²) in [6.45, 7) is 0. The Morgan fingerprint density at radius 1 is 1.15 bits per heavy atom. The van der Waals surface area contributed by atoms with Crippen LogP contribution in [0, 0.1) is 0 Å².